The molecule has 33 heavy (non-hydrogen) atoms. The maximum atomic E-state index is 13.2. The lowest BCUT2D eigenvalue weighted by Gasteiger charge is -2.14. The van der Waals surface area contributed by atoms with Crippen molar-refractivity contribution in [3.05, 3.63) is 70.3 Å². The number of nitrogens with zero attached hydrogens (tertiary/aromatic N) is 3. The molecule has 6 heteroatoms. The molecule has 0 spiro atoms. The molecular formula is C27H34N4O2. The topological polar surface area (TPSA) is 69.0 Å². The van der Waals surface area contributed by atoms with Crippen LogP contribution in [-0.2, 0) is 11.8 Å². The van der Waals surface area contributed by atoms with Crippen molar-refractivity contribution in [1.82, 2.24) is 14.5 Å². The van der Waals surface area contributed by atoms with Crippen molar-refractivity contribution >= 4 is 28.5 Å². The van der Waals surface area contributed by atoms with E-state index in [1.54, 1.807) is 13.2 Å². The van der Waals surface area contributed by atoms with E-state index in [0.717, 1.165) is 58.6 Å². The number of nitrogens with one attached hydrogen (secondary N) is 1. The number of hydrogen-bond acceptors (Lipinski definition) is 4. The molecule has 0 aliphatic carbocycles. The van der Waals surface area contributed by atoms with Crippen molar-refractivity contribution in [3.63, 3.8) is 0 Å². The van der Waals surface area contributed by atoms with Gasteiger partial charge in [-0.1, -0.05) is 31.6 Å². The monoisotopic (exact) mass is 446 g/mol. The number of fused-ring (bicyclic) bond motifs is 1. The Balaban J connectivity index is 2.02. The number of carbonyl (C=O) groups is 1. The second-order valence-corrected chi connectivity index (χ2v) is 8.46. The average Bonchev–Trinajstić information content (AvgIpc) is 3.10. The maximum absolute atomic E-state index is 13.2. The minimum atomic E-state index is -0.220. The van der Waals surface area contributed by atoms with Gasteiger partial charge < -0.3 is 9.30 Å². The third-order valence-corrected chi connectivity index (χ3v) is 5.73. The Morgan fingerprint density at radius 1 is 1.15 bits per heavy atom. The summed E-state index contributed by atoms with van der Waals surface area (Å²) in [6.07, 6.45) is 4.80. The normalized spacial score (nSPS) is 12.6. The number of aryl methyl sites for hydroxylation is 3. The first kappa shape index (κ1) is 24.2. The van der Waals surface area contributed by atoms with E-state index in [2.05, 4.69) is 43.2 Å². The van der Waals surface area contributed by atoms with Gasteiger partial charge in [-0.25, -0.2) is 4.98 Å². The molecule has 0 aliphatic heterocycles. The fourth-order valence-electron chi connectivity index (χ4n) is 3.74. The number of aromatic nitrogens is 3. The van der Waals surface area contributed by atoms with Gasteiger partial charge in [0.15, 0.2) is 0 Å². The van der Waals surface area contributed by atoms with Crippen LogP contribution in [-0.4, -0.2) is 27.6 Å². The van der Waals surface area contributed by atoms with Crippen molar-refractivity contribution in [2.45, 2.75) is 53.9 Å². The molecule has 2 aromatic heterocycles. The highest BCUT2D eigenvalue weighted by atomic mass is 16.5. The highest BCUT2D eigenvalue weighted by Gasteiger charge is 2.17. The van der Waals surface area contributed by atoms with Gasteiger partial charge in [-0.2, -0.15) is 0 Å². The summed E-state index contributed by atoms with van der Waals surface area (Å²) in [6.45, 7) is 10.3. The van der Waals surface area contributed by atoms with E-state index in [4.69, 9.17) is 9.72 Å². The average molecular weight is 447 g/mol. The fourth-order valence-corrected chi connectivity index (χ4v) is 3.74. The van der Waals surface area contributed by atoms with E-state index in [1.165, 1.54) is 5.57 Å². The lowest BCUT2D eigenvalue weighted by Crippen LogP contribution is -2.16. The molecule has 0 bridgehead atoms. The van der Waals surface area contributed by atoms with Crippen LogP contribution in [0.1, 0.15) is 67.3 Å². The standard InChI is InChI=1S/C27H34N4O2/c1-8-10-25(33-7)21(13-17(3)9-2)23-16-20(15-19(5)28-23)26(32)30-27-29-22-12-11-18(4)14-24(22)31(27)6/h11-16H,8-10H2,1-7H3,(H,29,30,32)/b17-13-,25-21-. The summed E-state index contributed by atoms with van der Waals surface area (Å²) in [5.74, 6) is 1.17. The van der Waals surface area contributed by atoms with Gasteiger partial charge in [0, 0.05) is 30.3 Å². The first-order chi connectivity index (χ1) is 15.8. The second-order valence-electron chi connectivity index (χ2n) is 8.46. The van der Waals surface area contributed by atoms with Crippen LogP contribution in [0.2, 0.25) is 0 Å². The molecule has 0 fully saturated rings. The van der Waals surface area contributed by atoms with Gasteiger partial charge in [-0.05, 0) is 63.4 Å². The largest absolute Gasteiger partial charge is 0.500 e. The smallest absolute Gasteiger partial charge is 0.258 e. The minimum absolute atomic E-state index is 0.220. The molecular weight excluding hydrogens is 412 g/mol. The van der Waals surface area contributed by atoms with Gasteiger partial charge in [0.25, 0.3) is 5.91 Å². The molecule has 0 atom stereocenters. The number of methoxy groups -OCH3 is 1. The summed E-state index contributed by atoms with van der Waals surface area (Å²) in [7, 11) is 3.60. The number of anilines is 1. The summed E-state index contributed by atoms with van der Waals surface area (Å²) in [6, 6.07) is 9.67. The molecule has 1 N–H and O–H groups in total. The Labute approximate surface area is 196 Å². The predicted molar refractivity (Wildman–Crippen MR) is 135 cm³/mol. The van der Waals surface area contributed by atoms with Gasteiger partial charge in [0.1, 0.15) is 5.76 Å². The Bertz CT molecular complexity index is 1230. The number of pyridine rings is 1. The van der Waals surface area contributed by atoms with Crippen molar-refractivity contribution in [2.24, 2.45) is 7.05 Å². The van der Waals surface area contributed by atoms with E-state index in [-0.39, 0.29) is 5.91 Å². The minimum Gasteiger partial charge on any atom is -0.500 e. The number of benzene rings is 1. The van der Waals surface area contributed by atoms with Gasteiger partial charge in [-0.3, -0.25) is 15.1 Å². The molecule has 6 nitrogen and oxygen atoms in total. The third-order valence-electron chi connectivity index (χ3n) is 5.73. The number of rotatable bonds is 8. The predicted octanol–water partition coefficient (Wildman–Crippen LogP) is 6.35. The zero-order valence-electron chi connectivity index (χ0n) is 20.7. The number of imidazole rings is 1. The van der Waals surface area contributed by atoms with Crippen LogP contribution in [0.15, 0.2) is 47.7 Å². The zero-order valence-corrected chi connectivity index (χ0v) is 20.7. The molecule has 3 rings (SSSR count). The van der Waals surface area contributed by atoms with E-state index in [0.29, 0.717) is 11.5 Å². The highest BCUT2D eigenvalue weighted by Crippen LogP contribution is 2.26. The molecule has 1 aromatic carbocycles. The van der Waals surface area contributed by atoms with Gasteiger partial charge in [0.2, 0.25) is 5.95 Å². The van der Waals surface area contributed by atoms with Crippen molar-refractivity contribution < 1.29 is 9.53 Å². The lowest BCUT2D eigenvalue weighted by atomic mass is 10.0. The molecule has 0 aliphatic rings. The van der Waals surface area contributed by atoms with Crippen LogP contribution in [0.25, 0.3) is 16.6 Å². The molecule has 0 radical (unpaired) electrons. The van der Waals surface area contributed by atoms with Crippen molar-refractivity contribution in [3.8, 4) is 0 Å². The van der Waals surface area contributed by atoms with Crippen LogP contribution in [0, 0.1) is 13.8 Å². The zero-order chi connectivity index (χ0) is 24.1. The maximum Gasteiger partial charge on any atom is 0.258 e. The van der Waals surface area contributed by atoms with E-state index in [9.17, 15) is 4.79 Å². The van der Waals surface area contributed by atoms with Gasteiger partial charge >= 0.3 is 0 Å². The molecule has 3 aromatic rings. The molecule has 1 amide bonds. The molecule has 0 saturated carbocycles. The Morgan fingerprint density at radius 3 is 2.58 bits per heavy atom. The first-order valence-electron chi connectivity index (χ1n) is 11.4. The number of ether oxygens (including phenoxy) is 1. The Hall–Kier alpha value is -3.41. The number of hydrogen-bond donors (Lipinski definition) is 1. The molecule has 0 unspecified atom stereocenters. The van der Waals surface area contributed by atoms with Crippen molar-refractivity contribution in [2.75, 3.05) is 12.4 Å². The Morgan fingerprint density at radius 2 is 1.91 bits per heavy atom. The van der Waals surface area contributed by atoms with Crippen molar-refractivity contribution in [1.29, 1.82) is 0 Å². The van der Waals surface area contributed by atoms with E-state index in [1.807, 2.05) is 43.7 Å². The SMILES string of the molecule is CCC/C(OC)=C(\C=C(\C)CC)c1cc(C(=O)Nc2nc3ccc(C)cc3n2C)cc(C)n1. The van der Waals surface area contributed by atoms with Crippen LogP contribution >= 0.6 is 0 Å². The highest BCUT2D eigenvalue weighted by molar-refractivity contribution is 6.04. The van der Waals surface area contributed by atoms with E-state index >= 15 is 0 Å². The molecule has 0 saturated heterocycles. The van der Waals surface area contributed by atoms with Crippen LogP contribution in [0.3, 0.4) is 0 Å². The number of amides is 1. The lowest BCUT2D eigenvalue weighted by molar-refractivity contribution is 0.102. The van der Waals surface area contributed by atoms with Crippen LogP contribution in [0.5, 0.6) is 0 Å². The van der Waals surface area contributed by atoms with E-state index < -0.39 is 0 Å². The first-order valence-corrected chi connectivity index (χ1v) is 11.4. The summed E-state index contributed by atoms with van der Waals surface area (Å²) in [4.78, 5) is 22.6. The summed E-state index contributed by atoms with van der Waals surface area (Å²) in [5.41, 5.74) is 7.16. The number of allylic oxidation sites excluding steroid dienone is 4. The third kappa shape index (κ3) is 5.51. The Kier molecular flexibility index (Phi) is 7.69. The fraction of sp³-hybridized carbons (Fsp3) is 0.370. The summed E-state index contributed by atoms with van der Waals surface area (Å²) in [5, 5.41) is 2.97. The quantitative estimate of drug-likeness (QED) is 0.323. The molecule has 2 heterocycles. The summed E-state index contributed by atoms with van der Waals surface area (Å²) < 4.78 is 7.63. The van der Waals surface area contributed by atoms with Crippen LogP contribution in [0.4, 0.5) is 5.95 Å². The number of carbonyl (C=O) groups excluding carboxylic acids is 1. The van der Waals surface area contributed by atoms with Gasteiger partial charge in [-0.15, -0.1) is 0 Å². The second kappa shape index (κ2) is 10.5. The van der Waals surface area contributed by atoms with Crippen LogP contribution < -0.4 is 5.32 Å². The van der Waals surface area contributed by atoms with Gasteiger partial charge in [0.05, 0.1) is 23.8 Å². The molecule has 174 valence electrons. The summed E-state index contributed by atoms with van der Waals surface area (Å²) >= 11 is 0.